The molecular weight excluding hydrogens is 398 g/mol. The van der Waals surface area contributed by atoms with Crippen LogP contribution in [-0.4, -0.2) is 18.0 Å². The molecule has 0 spiro atoms. The van der Waals surface area contributed by atoms with Gasteiger partial charge in [-0.2, -0.15) is 0 Å². The van der Waals surface area contributed by atoms with E-state index in [4.69, 9.17) is 17.3 Å². The molecule has 2 aromatic rings. The predicted octanol–water partition coefficient (Wildman–Crippen LogP) is 5.70. The van der Waals surface area contributed by atoms with Gasteiger partial charge in [0.2, 0.25) is 0 Å². The Bertz CT molecular complexity index is 730. The fourth-order valence-corrected chi connectivity index (χ4v) is 4.00. The van der Waals surface area contributed by atoms with Crippen molar-refractivity contribution < 1.29 is 0 Å². The lowest BCUT2D eigenvalue weighted by Crippen LogP contribution is -2.32. The summed E-state index contributed by atoms with van der Waals surface area (Å²) >= 11 is 9.66. The summed E-state index contributed by atoms with van der Waals surface area (Å²) in [7, 11) is 0. The molecule has 2 aromatic carbocycles. The van der Waals surface area contributed by atoms with E-state index in [1.165, 1.54) is 17.5 Å². The molecule has 5 heteroatoms. The van der Waals surface area contributed by atoms with Crippen LogP contribution in [0.25, 0.3) is 0 Å². The van der Waals surface area contributed by atoms with Gasteiger partial charge >= 0.3 is 0 Å². The summed E-state index contributed by atoms with van der Waals surface area (Å²) in [6.07, 6.45) is 1.17. The number of nitrogens with zero attached hydrogens (tertiary/aromatic N) is 1. The van der Waals surface area contributed by atoms with E-state index in [-0.39, 0.29) is 0 Å². The molecule has 0 radical (unpaired) electrons. The van der Waals surface area contributed by atoms with E-state index in [1.54, 1.807) is 0 Å². The maximum atomic E-state index is 6.25. The van der Waals surface area contributed by atoms with E-state index in [1.807, 2.05) is 18.2 Å². The molecule has 1 unspecified atom stereocenters. The first kappa shape index (κ1) is 18.6. The van der Waals surface area contributed by atoms with Crippen LogP contribution in [0.1, 0.15) is 37.4 Å². The third-order valence-electron chi connectivity index (χ3n) is 4.75. The van der Waals surface area contributed by atoms with Crippen LogP contribution in [0.5, 0.6) is 0 Å². The number of nitrogens with one attached hydrogen (secondary N) is 1. The molecule has 3 N–H and O–H groups in total. The summed E-state index contributed by atoms with van der Waals surface area (Å²) in [6, 6.07) is 12.6. The van der Waals surface area contributed by atoms with Gasteiger partial charge < -0.3 is 11.1 Å². The number of rotatable bonds is 4. The van der Waals surface area contributed by atoms with Crippen molar-refractivity contribution in [3.63, 3.8) is 0 Å². The zero-order chi connectivity index (χ0) is 18.0. The molecule has 1 heterocycles. The number of benzene rings is 2. The van der Waals surface area contributed by atoms with Crippen LogP contribution in [0.4, 0.5) is 11.4 Å². The summed E-state index contributed by atoms with van der Waals surface area (Å²) in [4.78, 5) is 2.55. The van der Waals surface area contributed by atoms with Crippen LogP contribution in [-0.2, 0) is 6.54 Å². The van der Waals surface area contributed by atoms with Gasteiger partial charge in [-0.15, -0.1) is 0 Å². The summed E-state index contributed by atoms with van der Waals surface area (Å²) in [5.74, 6) is 0.675. The van der Waals surface area contributed by atoms with Crippen LogP contribution >= 0.6 is 27.5 Å². The molecule has 0 bridgehead atoms. The van der Waals surface area contributed by atoms with Crippen molar-refractivity contribution >= 4 is 38.9 Å². The van der Waals surface area contributed by atoms with Crippen molar-refractivity contribution in [2.24, 2.45) is 5.92 Å². The summed E-state index contributed by atoms with van der Waals surface area (Å²) in [6.45, 7) is 7.31. The Morgan fingerprint density at radius 2 is 2.00 bits per heavy atom. The van der Waals surface area contributed by atoms with E-state index in [2.05, 4.69) is 58.2 Å². The second kappa shape index (κ2) is 7.98. The zero-order valence-electron chi connectivity index (χ0n) is 14.7. The average Bonchev–Trinajstić information content (AvgIpc) is 2.73. The first-order chi connectivity index (χ1) is 11.9. The zero-order valence-corrected chi connectivity index (χ0v) is 17.1. The van der Waals surface area contributed by atoms with Crippen molar-refractivity contribution in [1.29, 1.82) is 0 Å². The molecule has 0 aromatic heterocycles. The molecule has 134 valence electrons. The first-order valence-corrected chi connectivity index (χ1v) is 9.92. The molecule has 1 aliphatic rings. The monoisotopic (exact) mass is 421 g/mol. The fraction of sp³-hybridized carbons (Fsp3) is 0.400. The van der Waals surface area contributed by atoms with E-state index >= 15 is 0 Å². The Hall–Kier alpha value is -1.23. The van der Waals surface area contributed by atoms with Gasteiger partial charge in [0.15, 0.2) is 0 Å². The quantitative estimate of drug-likeness (QED) is 0.621. The van der Waals surface area contributed by atoms with Crippen LogP contribution < -0.4 is 11.1 Å². The molecule has 25 heavy (non-hydrogen) atoms. The van der Waals surface area contributed by atoms with Crippen molar-refractivity contribution in [3.8, 4) is 0 Å². The molecule has 0 saturated heterocycles. The highest BCUT2D eigenvalue weighted by Crippen LogP contribution is 2.35. The molecule has 1 atom stereocenters. The van der Waals surface area contributed by atoms with Gasteiger partial charge in [0.05, 0.1) is 17.4 Å². The summed E-state index contributed by atoms with van der Waals surface area (Å²) in [5.41, 5.74) is 10.6. The third kappa shape index (κ3) is 4.49. The largest absolute Gasteiger partial charge is 0.397 e. The lowest BCUT2D eigenvalue weighted by Gasteiger charge is -2.30. The van der Waals surface area contributed by atoms with Crippen LogP contribution in [0, 0.1) is 5.92 Å². The number of nitrogens with two attached hydrogens (primary N) is 1. The van der Waals surface area contributed by atoms with Crippen molar-refractivity contribution in [3.05, 3.63) is 57.0 Å². The number of anilines is 2. The Labute approximate surface area is 163 Å². The molecule has 0 saturated carbocycles. The Balaban J connectivity index is 1.94. The molecule has 1 aliphatic heterocycles. The van der Waals surface area contributed by atoms with E-state index in [0.29, 0.717) is 12.0 Å². The summed E-state index contributed by atoms with van der Waals surface area (Å²) < 4.78 is 1.03. The first-order valence-electron chi connectivity index (χ1n) is 8.75. The normalized spacial score (nSPS) is 17.9. The van der Waals surface area contributed by atoms with E-state index in [0.717, 1.165) is 40.5 Å². The Kier molecular flexibility index (Phi) is 5.92. The minimum atomic E-state index is 0.293. The number of fused-ring (bicyclic) bond motifs is 1. The third-order valence-corrected chi connectivity index (χ3v) is 5.46. The van der Waals surface area contributed by atoms with Gasteiger partial charge in [-0.25, -0.2) is 0 Å². The number of hydrogen-bond acceptors (Lipinski definition) is 3. The van der Waals surface area contributed by atoms with Gasteiger partial charge in [0, 0.05) is 22.6 Å². The average molecular weight is 423 g/mol. The molecular formula is C20H25BrClN3. The highest BCUT2D eigenvalue weighted by Gasteiger charge is 2.26. The van der Waals surface area contributed by atoms with Gasteiger partial charge in [-0.3, -0.25) is 4.90 Å². The highest BCUT2D eigenvalue weighted by atomic mass is 79.9. The SMILES string of the molecule is CC(C)CCN1Cc2cc(Br)cc(N)c2NCC1c1ccc(Cl)cc1. The minimum Gasteiger partial charge on any atom is -0.397 e. The number of nitrogen functional groups attached to an aromatic ring is 1. The Morgan fingerprint density at radius 1 is 1.28 bits per heavy atom. The standard InChI is InChI=1S/C20H25BrClN3/c1-13(2)7-8-25-12-15-9-16(21)10-18(23)20(15)24-11-19(25)14-3-5-17(22)6-4-14/h3-6,9-10,13,19,24H,7-8,11-12,23H2,1-2H3. The molecule has 0 amide bonds. The van der Waals surface area contributed by atoms with Crippen molar-refractivity contribution in [1.82, 2.24) is 4.90 Å². The predicted molar refractivity (Wildman–Crippen MR) is 111 cm³/mol. The number of halogens is 2. The fourth-order valence-electron chi connectivity index (χ4n) is 3.36. The second-order valence-electron chi connectivity index (χ2n) is 7.13. The second-order valence-corrected chi connectivity index (χ2v) is 8.48. The van der Waals surface area contributed by atoms with Gasteiger partial charge in [-0.1, -0.05) is 53.5 Å². The van der Waals surface area contributed by atoms with Crippen LogP contribution in [0.15, 0.2) is 40.9 Å². The smallest absolute Gasteiger partial charge is 0.0621 e. The Morgan fingerprint density at radius 3 is 2.68 bits per heavy atom. The topological polar surface area (TPSA) is 41.3 Å². The molecule has 0 fully saturated rings. The van der Waals surface area contributed by atoms with Gasteiger partial charge in [-0.05, 0) is 54.3 Å². The minimum absolute atomic E-state index is 0.293. The number of hydrogen-bond donors (Lipinski definition) is 2. The van der Waals surface area contributed by atoms with E-state index < -0.39 is 0 Å². The van der Waals surface area contributed by atoms with Gasteiger partial charge in [0.25, 0.3) is 0 Å². The lowest BCUT2D eigenvalue weighted by atomic mass is 10.0. The van der Waals surface area contributed by atoms with Crippen LogP contribution in [0.2, 0.25) is 5.02 Å². The van der Waals surface area contributed by atoms with Crippen LogP contribution in [0.3, 0.4) is 0 Å². The summed E-state index contributed by atoms with van der Waals surface area (Å²) in [5, 5.41) is 4.35. The van der Waals surface area contributed by atoms with Crippen molar-refractivity contribution in [2.45, 2.75) is 32.9 Å². The molecule has 0 aliphatic carbocycles. The molecule has 3 nitrogen and oxygen atoms in total. The molecule has 3 rings (SSSR count). The van der Waals surface area contributed by atoms with Crippen molar-refractivity contribution in [2.75, 3.05) is 24.1 Å². The lowest BCUT2D eigenvalue weighted by molar-refractivity contribution is 0.189. The van der Waals surface area contributed by atoms with Gasteiger partial charge in [0.1, 0.15) is 0 Å². The maximum Gasteiger partial charge on any atom is 0.0621 e. The van der Waals surface area contributed by atoms with E-state index in [9.17, 15) is 0 Å². The maximum absolute atomic E-state index is 6.25. The highest BCUT2D eigenvalue weighted by molar-refractivity contribution is 9.10.